The van der Waals surface area contributed by atoms with Crippen LogP contribution in [0, 0.1) is 6.92 Å². The van der Waals surface area contributed by atoms with Crippen LogP contribution in [-0.4, -0.2) is 44.3 Å². The van der Waals surface area contributed by atoms with Gasteiger partial charge in [0, 0.05) is 13.1 Å². The highest BCUT2D eigenvalue weighted by Crippen LogP contribution is 2.24. The molecule has 0 saturated heterocycles. The molecule has 0 aliphatic heterocycles. The molecule has 8 heteroatoms. The van der Waals surface area contributed by atoms with Crippen molar-refractivity contribution in [2.45, 2.75) is 51.1 Å². The first-order valence-corrected chi connectivity index (χ1v) is 13.9. The summed E-state index contributed by atoms with van der Waals surface area (Å²) in [4.78, 5) is 28.3. The van der Waals surface area contributed by atoms with Crippen LogP contribution in [0.15, 0.2) is 89.8 Å². The zero-order valence-electron chi connectivity index (χ0n) is 21.6. The molecule has 37 heavy (non-hydrogen) atoms. The summed E-state index contributed by atoms with van der Waals surface area (Å²) >= 11 is 0. The molecule has 0 saturated carbocycles. The molecule has 0 spiro atoms. The van der Waals surface area contributed by atoms with Crippen LogP contribution in [-0.2, 0) is 26.2 Å². The van der Waals surface area contributed by atoms with Crippen molar-refractivity contribution < 1.29 is 18.0 Å². The maximum atomic E-state index is 13.8. The van der Waals surface area contributed by atoms with E-state index >= 15 is 0 Å². The lowest BCUT2D eigenvalue weighted by Crippen LogP contribution is -2.51. The summed E-state index contributed by atoms with van der Waals surface area (Å²) in [5, 5.41) is 2.89. The summed E-state index contributed by atoms with van der Waals surface area (Å²) in [5.74, 6) is -0.742. The van der Waals surface area contributed by atoms with Gasteiger partial charge in [0.2, 0.25) is 11.8 Å². The molecule has 3 aromatic rings. The molecule has 0 aliphatic rings. The van der Waals surface area contributed by atoms with Gasteiger partial charge in [-0.1, -0.05) is 79.6 Å². The van der Waals surface area contributed by atoms with Gasteiger partial charge in [0.25, 0.3) is 10.0 Å². The molecular formula is C29H35N3O4S. The first-order chi connectivity index (χ1) is 17.7. The smallest absolute Gasteiger partial charge is 0.264 e. The van der Waals surface area contributed by atoms with Gasteiger partial charge >= 0.3 is 0 Å². The Morgan fingerprint density at radius 3 is 2.08 bits per heavy atom. The van der Waals surface area contributed by atoms with Crippen LogP contribution in [0.1, 0.15) is 37.8 Å². The number of nitrogens with zero attached hydrogens (tertiary/aromatic N) is 2. The lowest BCUT2D eigenvalue weighted by Gasteiger charge is -2.32. The van der Waals surface area contributed by atoms with Gasteiger partial charge in [0.15, 0.2) is 0 Å². The average Bonchev–Trinajstić information content (AvgIpc) is 2.91. The van der Waals surface area contributed by atoms with Gasteiger partial charge in [-0.15, -0.1) is 0 Å². The van der Waals surface area contributed by atoms with Crippen molar-refractivity contribution in [3.63, 3.8) is 0 Å². The number of nitrogens with one attached hydrogen (secondary N) is 1. The van der Waals surface area contributed by atoms with Crippen LogP contribution in [0.25, 0.3) is 0 Å². The quantitative estimate of drug-likeness (QED) is 0.355. The summed E-state index contributed by atoms with van der Waals surface area (Å²) in [6.45, 7) is 5.93. The van der Waals surface area contributed by atoms with Crippen molar-refractivity contribution in [2.75, 3.05) is 17.4 Å². The van der Waals surface area contributed by atoms with Crippen molar-refractivity contribution in [3.05, 3.63) is 96.1 Å². The summed E-state index contributed by atoms with van der Waals surface area (Å²) in [6.07, 6.45) is 1.77. The second-order valence-electron chi connectivity index (χ2n) is 8.99. The van der Waals surface area contributed by atoms with Crippen molar-refractivity contribution in [2.24, 2.45) is 0 Å². The Morgan fingerprint density at radius 1 is 0.892 bits per heavy atom. The zero-order valence-corrected chi connectivity index (χ0v) is 22.4. The second kappa shape index (κ2) is 13.1. The van der Waals surface area contributed by atoms with Gasteiger partial charge in [0.1, 0.15) is 12.6 Å². The van der Waals surface area contributed by atoms with Crippen LogP contribution in [0.3, 0.4) is 0 Å². The molecule has 2 amide bonds. The SMILES string of the molecule is CCCCNC(=O)[C@H](C)N(Cc1ccc(C)cc1)C(=O)CN(c1ccccc1)S(=O)(=O)c1ccccc1. The Kier molecular flexibility index (Phi) is 9.85. The molecule has 0 fully saturated rings. The summed E-state index contributed by atoms with van der Waals surface area (Å²) in [7, 11) is -4.04. The van der Waals surface area contributed by atoms with E-state index in [4.69, 9.17) is 0 Å². The van der Waals surface area contributed by atoms with Crippen LogP contribution in [0.4, 0.5) is 5.69 Å². The van der Waals surface area contributed by atoms with Crippen molar-refractivity contribution in [1.82, 2.24) is 10.2 Å². The molecule has 7 nitrogen and oxygen atoms in total. The standard InChI is InChI=1S/C29H35N3O4S/c1-4-5-20-30-29(34)24(3)31(21-25-18-16-23(2)17-19-25)28(33)22-32(26-12-8-6-9-13-26)37(35,36)27-14-10-7-11-15-27/h6-19,24H,4-5,20-22H2,1-3H3,(H,30,34)/t24-/m0/s1. The van der Waals surface area contributed by atoms with Crippen LogP contribution in [0.5, 0.6) is 0 Å². The van der Waals surface area contributed by atoms with Gasteiger partial charge in [0.05, 0.1) is 10.6 Å². The maximum absolute atomic E-state index is 13.8. The van der Waals surface area contributed by atoms with E-state index < -0.39 is 28.5 Å². The zero-order chi connectivity index (χ0) is 26.8. The van der Waals surface area contributed by atoms with Crippen LogP contribution in [0.2, 0.25) is 0 Å². The Labute approximate surface area is 220 Å². The topological polar surface area (TPSA) is 86.8 Å². The fourth-order valence-electron chi connectivity index (χ4n) is 3.85. The number of rotatable bonds is 12. The molecule has 3 aromatic carbocycles. The fourth-order valence-corrected chi connectivity index (χ4v) is 5.29. The summed E-state index contributed by atoms with van der Waals surface area (Å²) < 4.78 is 28.4. The molecule has 0 aromatic heterocycles. The number of sulfonamides is 1. The highest BCUT2D eigenvalue weighted by molar-refractivity contribution is 7.92. The lowest BCUT2D eigenvalue weighted by atomic mass is 10.1. The maximum Gasteiger partial charge on any atom is 0.264 e. The second-order valence-corrected chi connectivity index (χ2v) is 10.9. The first kappa shape index (κ1) is 27.9. The van der Waals surface area contributed by atoms with Crippen LogP contribution < -0.4 is 9.62 Å². The van der Waals surface area contributed by atoms with E-state index in [9.17, 15) is 18.0 Å². The monoisotopic (exact) mass is 521 g/mol. The van der Waals surface area contributed by atoms with Gasteiger partial charge in [-0.2, -0.15) is 0 Å². The number of para-hydroxylation sites is 1. The first-order valence-electron chi connectivity index (χ1n) is 12.5. The molecule has 0 bridgehead atoms. The van der Waals surface area contributed by atoms with E-state index in [-0.39, 0.29) is 17.3 Å². The molecule has 196 valence electrons. The van der Waals surface area contributed by atoms with E-state index in [1.54, 1.807) is 55.5 Å². The van der Waals surface area contributed by atoms with Crippen molar-refractivity contribution in [1.29, 1.82) is 0 Å². The number of amides is 2. The highest BCUT2D eigenvalue weighted by atomic mass is 32.2. The van der Waals surface area contributed by atoms with E-state index in [2.05, 4.69) is 5.32 Å². The number of hydrogen-bond donors (Lipinski definition) is 1. The third kappa shape index (κ3) is 7.43. The van der Waals surface area contributed by atoms with E-state index in [0.717, 1.165) is 28.3 Å². The summed E-state index contributed by atoms with van der Waals surface area (Å²) in [6, 6.07) is 23.5. The predicted octanol–water partition coefficient (Wildman–Crippen LogP) is 4.52. The molecular weight excluding hydrogens is 486 g/mol. The van der Waals surface area contributed by atoms with Crippen LogP contribution >= 0.6 is 0 Å². The molecule has 0 aliphatic carbocycles. The van der Waals surface area contributed by atoms with Gasteiger partial charge in [-0.25, -0.2) is 8.42 Å². The molecule has 3 rings (SSSR count). The largest absolute Gasteiger partial charge is 0.354 e. The Hall–Kier alpha value is -3.65. The minimum atomic E-state index is -4.04. The van der Waals surface area contributed by atoms with E-state index in [0.29, 0.717) is 12.2 Å². The molecule has 0 heterocycles. The van der Waals surface area contributed by atoms with E-state index in [1.807, 2.05) is 38.1 Å². The Balaban J connectivity index is 1.95. The Bertz CT molecular complexity index is 1260. The van der Waals surface area contributed by atoms with Gasteiger partial charge in [-0.3, -0.25) is 13.9 Å². The van der Waals surface area contributed by atoms with E-state index in [1.165, 1.54) is 17.0 Å². The number of aryl methyl sites for hydroxylation is 1. The van der Waals surface area contributed by atoms with Gasteiger partial charge < -0.3 is 10.2 Å². The lowest BCUT2D eigenvalue weighted by molar-refractivity contribution is -0.139. The van der Waals surface area contributed by atoms with Gasteiger partial charge in [-0.05, 0) is 50.1 Å². The normalized spacial score (nSPS) is 12.0. The number of hydrogen-bond acceptors (Lipinski definition) is 4. The molecule has 0 radical (unpaired) electrons. The number of carbonyl (C=O) groups excluding carboxylic acids is 2. The fraction of sp³-hybridized carbons (Fsp3) is 0.310. The number of anilines is 1. The third-order valence-electron chi connectivity index (χ3n) is 6.12. The van der Waals surface area contributed by atoms with Crippen molar-refractivity contribution in [3.8, 4) is 0 Å². The number of carbonyl (C=O) groups is 2. The predicted molar refractivity (Wildman–Crippen MR) is 147 cm³/mol. The van der Waals surface area contributed by atoms with Crippen molar-refractivity contribution >= 4 is 27.5 Å². The Morgan fingerprint density at radius 2 is 1.49 bits per heavy atom. The number of unbranched alkanes of at least 4 members (excludes halogenated alkanes) is 1. The third-order valence-corrected chi connectivity index (χ3v) is 7.91. The molecule has 0 unspecified atom stereocenters. The summed E-state index contributed by atoms with van der Waals surface area (Å²) in [5.41, 5.74) is 2.30. The highest BCUT2D eigenvalue weighted by Gasteiger charge is 2.32. The minimum absolute atomic E-state index is 0.0853. The minimum Gasteiger partial charge on any atom is -0.354 e. The number of benzene rings is 3. The molecule has 1 atom stereocenters. The average molecular weight is 522 g/mol. The molecule has 1 N–H and O–H groups in total.